The Bertz CT molecular complexity index is 1850. The largest absolute Gasteiger partial charge is 0.463 e. The predicted octanol–water partition coefficient (Wildman–Crippen LogP) is 7.67. The van der Waals surface area contributed by atoms with E-state index >= 15 is 0 Å². The van der Waals surface area contributed by atoms with Gasteiger partial charge in [0.1, 0.15) is 25.4 Å². The molecule has 0 aromatic rings. The van der Waals surface area contributed by atoms with E-state index in [1.807, 2.05) is 62.3 Å². The number of carbonyl (C=O) groups is 8. The van der Waals surface area contributed by atoms with Crippen molar-refractivity contribution in [2.45, 2.75) is 238 Å². The van der Waals surface area contributed by atoms with Gasteiger partial charge in [-0.3, -0.25) is 38.4 Å². The summed E-state index contributed by atoms with van der Waals surface area (Å²) in [7, 11) is 0. The Morgan fingerprint density at radius 2 is 0.549 bits per heavy atom. The van der Waals surface area contributed by atoms with Gasteiger partial charge in [0.25, 0.3) is 0 Å². The van der Waals surface area contributed by atoms with E-state index in [1.54, 1.807) is 62.3 Å². The van der Waals surface area contributed by atoms with Crippen molar-refractivity contribution in [1.29, 1.82) is 0 Å². The monoisotopic (exact) mass is 1010 g/mol. The van der Waals surface area contributed by atoms with Crippen LogP contribution < -0.4 is 0 Å². The molecule has 0 bridgehead atoms. The van der Waals surface area contributed by atoms with Crippen LogP contribution in [-0.2, 0) is 90.5 Å². The van der Waals surface area contributed by atoms with Gasteiger partial charge in [-0.15, -0.1) is 0 Å². The molecule has 2 fully saturated rings. The Morgan fingerprint density at radius 1 is 0.324 bits per heavy atom. The number of carbonyl (C=O) groups excluding carboxylic acids is 8. The third-order valence-corrected chi connectivity index (χ3v) is 9.99. The van der Waals surface area contributed by atoms with Crippen molar-refractivity contribution in [2.24, 2.45) is 32.5 Å². The van der Waals surface area contributed by atoms with Crippen LogP contribution in [0.15, 0.2) is 0 Å². The lowest BCUT2D eigenvalue weighted by atomic mass is 9.91. The minimum Gasteiger partial charge on any atom is -0.463 e. The van der Waals surface area contributed by atoms with E-state index in [1.165, 1.54) is 0 Å². The van der Waals surface area contributed by atoms with Crippen LogP contribution in [0.5, 0.6) is 0 Å². The summed E-state index contributed by atoms with van der Waals surface area (Å²) in [6, 6.07) is 0. The normalized spacial score (nSPS) is 25.5. The molecule has 0 aliphatic carbocycles. The summed E-state index contributed by atoms with van der Waals surface area (Å²) < 4.78 is 67.0. The van der Waals surface area contributed by atoms with Crippen molar-refractivity contribution in [3.05, 3.63) is 0 Å². The first-order valence-electron chi connectivity index (χ1n) is 24.4. The van der Waals surface area contributed by atoms with Gasteiger partial charge < -0.3 is 52.1 Å². The maximum absolute atomic E-state index is 14.0. The van der Waals surface area contributed by atoms with Gasteiger partial charge in [-0.25, -0.2) is 0 Å². The molecule has 0 aromatic heterocycles. The Hall–Kier alpha value is -4.36. The zero-order valence-corrected chi connectivity index (χ0v) is 46.2. The smallest absolute Gasteiger partial charge is 0.306 e. The van der Waals surface area contributed by atoms with Crippen molar-refractivity contribution in [3.63, 3.8) is 0 Å². The molecule has 0 saturated carbocycles. The molecule has 2 saturated heterocycles. The average molecular weight is 1020 g/mol. The fourth-order valence-electron chi connectivity index (χ4n) is 7.39. The SMILES string of the molecule is CC(=O)O[C@@H]1[C@@H](OC(=O)CC(C)(C)C)[C@@H](O[C@H]2O[C@H](COC(=O)CC(C)(C)C)[C@@H](OC(=O)CC(C)(C)C)[C@H](OC(=O)CC(C)(C)C)[C@H]2OC(=O)CC(C)(C)C)O[C@H](COC(=O)CC(C)(C)C)[C@H]1OC(C)=O. The first-order chi connectivity index (χ1) is 32.0. The molecule has 2 heterocycles. The molecule has 2 aliphatic rings. The molecule has 19 heteroatoms. The summed E-state index contributed by atoms with van der Waals surface area (Å²) in [6.45, 7) is 33.4. The maximum atomic E-state index is 14.0. The van der Waals surface area contributed by atoms with Gasteiger partial charge in [-0.2, -0.15) is 0 Å². The second-order valence-electron chi connectivity index (χ2n) is 26.0. The van der Waals surface area contributed by atoms with Crippen molar-refractivity contribution >= 4 is 47.8 Å². The Labute approximate surface area is 421 Å². The van der Waals surface area contributed by atoms with Crippen LogP contribution in [0.2, 0.25) is 0 Å². The molecular formula is C52H86O19. The highest BCUT2D eigenvalue weighted by molar-refractivity contribution is 5.74. The summed E-state index contributed by atoms with van der Waals surface area (Å²) in [5, 5.41) is 0. The molecule has 0 amide bonds. The van der Waals surface area contributed by atoms with E-state index < -0.39 is 155 Å². The van der Waals surface area contributed by atoms with Crippen LogP contribution in [0.3, 0.4) is 0 Å². The maximum Gasteiger partial charge on any atom is 0.306 e. The van der Waals surface area contributed by atoms with Crippen LogP contribution in [0.25, 0.3) is 0 Å². The summed E-state index contributed by atoms with van der Waals surface area (Å²) in [4.78, 5) is 108. The Kier molecular flexibility index (Phi) is 22.1. The first kappa shape index (κ1) is 62.8. The van der Waals surface area contributed by atoms with Crippen molar-refractivity contribution < 1.29 is 90.5 Å². The van der Waals surface area contributed by atoms with Crippen LogP contribution >= 0.6 is 0 Å². The molecule has 0 unspecified atom stereocenters. The van der Waals surface area contributed by atoms with Gasteiger partial charge in [0.05, 0.1) is 38.5 Å². The fourth-order valence-corrected chi connectivity index (χ4v) is 7.39. The number of rotatable bonds is 18. The second kappa shape index (κ2) is 25.0. The summed E-state index contributed by atoms with van der Waals surface area (Å²) >= 11 is 0. The van der Waals surface area contributed by atoms with Crippen molar-refractivity contribution in [1.82, 2.24) is 0 Å². The topological polar surface area (TPSA) is 238 Å². The van der Waals surface area contributed by atoms with Crippen LogP contribution in [0.4, 0.5) is 0 Å². The zero-order chi connectivity index (χ0) is 54.8. The van der Waals surface area contributed by atoms with Gasteiger partial charge in [-0.1, -0.05) is 125 Å². The summed E-state index contributed by atoms with van der Waals surface area (Å²) in [5.74, 6) is -6.25. The number of esters is 8. The van der Waals surface area contributed by atoms with Crippen LogP contribution in [-0.4, -0.2) is 122 Å². The number of ether oxygens (including phenoxy) is 11. The van der Waals surface area contributed by atoms with Gasteiger partial charge >= 0.3 is 47.8 Å². The van der Waals surface area contributed by atoms with E-state index in [0.29, 0.717) is 0 Å². The lowest BCUT2D eigenvalue weighted by molar-refractivity contribution is -0.378. The fraction of sp³-hybridized carbons (Fsp3) is 0.846. The highest BCUT2D eigenvalue weighted by Gasteiger charge is 2.58. The highest BCUT2D eigenvalue weighted by atomic mass is 16.8. The molecule has 0 N–H and O–H groups in total. The van der Waals surface area contributed by atoms with Gasteiger partial charge in [0.2, 0.25) is 12.6 Å². The molecule has 10 atom stereocenters. The second-order valence-corrected chi connectivity index (χ2v) is 26.0. The third-order valence-electron chi connectivity index (χ3n) is 9.99. The molecule has 0 radical (unpaired) electrons. The lowest BCUT2D eigenvalue weighted by Crippen LogP contribution is -2.67. The average Bonchev–Trinajstić information content (AvgIpc) is 3.10. The molecule has 0 aromatic carbocycles. The molecule has 2 rings (SSSR count). The van der Waals surface area contributed by atoms with E-state index in [9.17, 15) is 38.4 Å². The highest BCUT2D eigenvalue weighted by Crippen LogP contribution is 2.38. The molecule has 408 valence electrons. The number of hydrogen-bond acceptors (Lipinski definition) is 19. The summed E-state index contributed by atoms with van der Waals surface area (Å²) in [6.07, 6.45) is -17.8. The first-order valence-corrected chi connectivity index (χ1v) is 24.4. The molecule has 2 aliphatic heterocycles. The Balaban J connectivity index is 3.06. The molecular weight excluding hydrogens is 929 g/mol. The number of hydrogen-bond donors (Lipinski definition) is 0. The quantitative estimate of drug-likeness (QED) is 0.0945. The Morgan fingerprint density at radius 3 is 0.831 bits per heavy atom. The zero-order valence-electron chi connectivity index (χ0n) is 46.2. The van der Waals surface area contributed by atoms with Gasteiger partial charge in [-0.05, 0) is 32.5 Å². The lowest BCUT2D eigenvalue weighted by Gasteiger charge is -2.48. The summed E-state index contributed by atoms with van der Waals surface area (Å²) in [5.41, 5.74) is -3.53. The minimum atomic E-state index is -1.92. The molecule has 0 spiro atoms. The molecule has 71 heavy (non-hydrogen) atoms. The van der Waals surface area contributed by atoms with Gasteiger partial charge in [0, 0.05) is 13.8 Å². The van der Waals surface area contributed by atoms with Crippen molar-refractivity contribution in [3.8, 4) is 0 Å². The van der Waals surface area contributed by atoms with E-state index in [-0.39, 0.29) is 38.5 Å². The van der Waals surface area contributed by atoms with Crippen LogP contribution in [0.1, 0.15) is 177 Å². The standard InChI is InChI=1S/C52H86O19/c1-29(53)63-39-31(27-61-33(55)21-47(3,4)5)65-45(43(41(39)64-30(2)54)69-37(59)25-51(15,16)17)71-46-44(70-38(60)26-52(18,19)20)42(68-36(58)24-50(12,13)14)40(67-35(57)23-49(9,10)11)32(66-46)28-62-34(56)22-48(6,7)8/h31-32,39-46H,21-28H2,1-20H3/t31-,32-,39-,40-,41+,42+,43-,44-,45-,46-/m1/s1. The molecule has 19 nitrogen and oxygen atoms in total. The van der Waals surface area contributed by atoms with E-state index in [0.717, 1.165) is 13.8 Å². The van der Waals surface area contributed by atoms with Gasteiger partial charge in [0.15, 0.2) is 36.6 Å². The minimum absolute atomic E-state index is 0.0334. The van der Waals surface area contributed by atoms with E-state index in [4.69, 9.17) is 52.1 Å². The van der Waals surface area contributed by atoms with Crippen LogP contribution in [0, 0.1) is 32.5 Å². The van der Waals surface area contributed by atoms with E-state index in [2.05, 4.69) is 0 Å². The predicted molar refractivity (Wildman–Crippen MR) is 255 cm³/mol. The van der Waals surface area contributed by atoms with Crippen molar-refractivity contribution in [2.75, 3.05) is 13.2 Å². The third kappa shape index (κ3) is 24.7.